The van der Waals surface area contributed by atoms with E-state index in [0.29, 0.717) is 6.54 Å². The van der Waals surface area contributed by atoms with Crippen LogP contribution in [-0.2, 0) is 9.53 Å². The van der Waals surface area contributed by atoms with Crippen LogP contribution in [0.4, 0.5) is 5.69 Å². The van der Waals surface area contributed by atoms with E-state index >= 15 is 0 Å². The third kappa shape index (κ3) is 3.78. The van der Waals surface area contributed by atoms with Crippen LogP contribution < -0.4 is 9.80 Å². The Balaban J connectivity index is 2.04. The lowest BCUT2D eigenvalue weighted by atomic mass is 10.2. The van der Waals surface area contributed by atoms with Crippen LogP contribution in [0.5, 0.6) is 0 Å². The van der Waals surface area contributed by atoms with E-state index in [0.717, 1.165) is 32.0 Å². The average molecular weight is 263 g/mol. The maximum absolute atomic E-state index is 12.5. The van der Waals surface area contributed by atoms with Gasteiger partial charge in [-0.05, 0) is 26.0 Å². The predicted octanol–water partition coefficient (Wildman–Crippen LogP) is 0.343. The number of quaternary nitrogens is 1. The van der Waals surface area contributed by atoms with E-state index in [1.807, 2.05) is 35.2 Å². The summed E-state index contributed by atoms with van der Waals surface area (Å²) in [5, 5.41) is 0. The van der Waals surface area contributed by atoms with Gasteiger partial charge in [0, 0.05) is 11.7 Å². The number of ether oxygens (including phenoxy) is 1. The summed E-state index contributed by atoms with van der Waals surface area (Å²) in [4.78, 5) is 15.7. The minimum atomic E-state index is 0.176. The number of morpholine rings is 1. The highest BCUT2D eigenvalue weighted by molar-refractivity contribution is 5.94. The van der Waals surface area contributed by atoms with Gasteiger partial charge < -0.3 is 14.5 Å². The summed E-state index contributed by atoms with van der Waals surface area (Å²) in [6.07, 6.45) is 0. The Hall–Kier alpha value is -1.39. The number of para-hydroxylation sites is 1. The minimum absolute atomic E-state index is 0.176. The Morgan fingerprint density at radius 1 is 1.26 bits per heavy atom. The van der Waals surface area contributed by atoms with Gasteiger partial charge in [0.05, 0.1) is 13.2 Å². The van der Waals surface area contributed by atoms with Gasteiger partial charge in [-0.3, -0.25) is 4.79 Å². The molecule has 4 heteroatoms. The fourth-order valence-corrected chi connectivity index (χ4v) is 2.45. The molecule has 4 nitrogen and oxygen atoms in total. The summed E-state index contributed by atoms with van der Waals surface area (Å²) >= 11 is 0. The quantitative estimate of drug-likeness (QED) is 0.850. The number of nitrogens with zero attached hydrogens (tertiary/aromatic N) is 1. The summed E-state index contributed by atoms with van der Waals surface area (Å²) < 4.78 is 5.33. The molecule has 0 aliphatic carbocycles. The molecule has 0 bridgehead atoms. The van der Waals surface area contributed by atoms with E-state index in [2.05, 4.69) is 13.8 Å². The van der Waals surface area contributed by atoms with Crippen LogP contribution in [0, 0.1) is 0 Å². The Kier molecular flexibility index (Phi) is 4.93. The van der Waals surface area contributed by atoms with Gasteiger partial charge in [-0.2, -0.15) is 0 Å². The van der Waals surface area contributed by atoms with Crippen molar-refractivity contribution in [3.8, 4) is 0 Å². The monoisotopic (exact) mass is 263 g/mol. The van der Waals surface area contributed by atoms with Crippen molar-refractivity contribution in [3.05, 3.63) is 30.3 Å². The maximum Gasteiger partial charge on any atom is 0.282 e. The van der Waals surface area contributed by atoms with E-state index in [-0.39, 0.29) is 11.9 Å². The Morgan fingerprint density at radius 3 is 2.47 bits per heavy atom. The zero-order valence-electron chi connectivity index (χ0n) is 11.8. The molecule has 1 fully saturated rings. The second-order valence-corrected chi connectivity index (χ2v) is 5.23. The summed E-state index contributed by atoms with van der Waals surface area (Å²) in [6.45, 7) is 8.03. The van der Waals surface area contributed by atoms with Gasteiger partial charge in [-0.1, -0.05) is 18.2 Å². The normalized spacial score (nSPS) is 16.6. The number of amides is 1. The molecule has 19 heavy (non-hydrogen) atoms. The smallest absolute Gasteiger partial charge is 0.282 e. The number of rotatable bonds is 4. The highest BCUT2D eigenvalue weighted by Crippen LogP contribution is 2.16. The molecule has 1 saturated heterocycles. The molecule has 0 unspecified atom stereocenters. The van der Waals surface area contributed by atoms with Crippen LogP contribution >= 0.6 is 0 Å². The molecule has 104 valence electrons. The molecule has 1 amide bonds. The van der Waals surface area contributed by atoms with E-state index in [1.165, 1.54) is 4.90 Å². The number of hydrogen-bond donors (Lipinski definition) is 1. The van der Waals surface area contributed by atoms with Crippen LogP contribution in [0.15, 0.2) is 30.3 Å². The van der Waals surface area contributed by atoms with Crippen molar-refractivity contribution < 1.29 is 14.4 Å². The number of anilines is 1. The second kappa shape index (κ2) is 6.68. The van der Waals surface area contributed by atoms with Gasteiger partial charge in [0.2, 0.25) is 0 Å². The summed E-state index contributed by atoms with van der Waals surface area (Å²) in [6, 6.07) is 10.1. The molecule has 0 aromatic heterocycles. The van der Waals surface area contributed by atoms with Crippen LogP contribution in [0.1, 0.15) is 13.8 Å². The molecule has 0 radical (unpaired) electrons. The molecule has 2 rings (SSSR count). The van der Waals surface area contributed by atoms with Crippen molar-refractivity contribution in [1.29, 1.82) is 0 Å². The van der Waals surface area contributed by atoms with Crippen molar-refractivity contribution in [2.75, 3.05) is 37.7 Å². The molecular weight excluding hydrogens is 240 g/mol. The van der Waals surface area contributed by atoms with Crippen LogP contribution in [0.2, 0.25) is 0 Å². The Bertz CT molecular complexity index is 400. The fraction of sp³-hybridized carbons (Fsp3) is 0.533. The summed E-state index contributed by atoms with van der Waals surface area (Å²) in [7, 11) is 0. The first-order chi connectivity index (χ1) is 9.18. The van der Waals surface area contributed by atoms with Crippen LogP contribution in [0.25, 0.3) is 0 Å². The zero-order valence-corrected chi connectivity index (χ0v) is 11.8. The third-order valence-electron chi connectivity index (χ3n) is 3.42. The van der Waals surface area contributed by atoms with Gasteiger partial charge in [-0.25, -0.2) is 0 Å². The molecule has 0 atom stereocenters. The molecule has 0 spiro atoms. The average Bonchev–Trinajstić information content (AvgIpc) is 2.40. The number of carbonyl (C=O) groups excluding carboxylic acids is 1. The van der Waals surface area contributed by atoms with Gasteiger partial charge >= 0.3 is 0 Å². The lowest BCUT2D eigenvalue weighted by Crippen LogP contribution is -3.15. The predicted molar refractivity (Wildman–Crippen MR) is 75.4 cm³/mol. The Labute approximate surface area is 115 Å². The molecule has 0 saturated carbocycles. The first kappa shape index (κ1) is 14.0. The third-order valence-corrected chi connectivity index (χ3v) is 3.42. The van der Waals surface area contributed by atoms with Crippen molar-refractivity contribution in [2.24, 2.45) is 0 Å². The number of benzene rings is 1. The topological polar surface area (TPSA) is 34.0 Å². The number of carbonyl (C=O) groups is 1. The highest BCUT2D eigenvalue weighted by atomic mass is 16.5. The molecule has 1 aliphatic heterocycles. The number of nitrogens with one attached hydrogen (secondary N) is 1. The first-order valence-electron chi connectivity index (χ1n) is 6.97. The zero-order chi connectivity index (χ0) is 13.7. The van der Waals surface area contributed by atoms with Gasteiger partial charge in [0.1, 0.15) is 13.1 Å². The molecule has 1 aliphatic rings. The Morgan fingerprint density at radius 2 is 1.89 bits per heavy atom. The van der Waals surface area contributed by atoms with Crippen molar-refractivity contribution in [1.82, 2.24) is 0 Å². The molecule has 1 heterocycles. The first-order valence-corrected chi connectivity index (χ1v) is 6.97. The van der Waals surface area contributed by atoms with Gasteiger partial charge in [-0.15, -0.1) is 0 Å². The standard InChI is InChI=1S/C15H22N2O2/c1-13(2)17(14-6-4-3-5-7-14)15(18)12-16-8-10-19-11-9-16/h3-7,13H,8-12H2,1-2H3/p+1. The molecule has 1 aromatic carbocycles. The van der Waals surface area contributed by atoms with E-state index in [1.54, 1.807) is 0 Å². The molecular formula is C15H23N2O2+. The van der Waals surface area contributed by atoms with Crippen molar-refractivity contribution in [3.63, 3.8) is 0 Å². The van der Waals surface area contributed by atoms with E-state index < -0.39 is 0 Å². The largest absolute Gasteiger partial charge is 0.370 e. The van der Waals surface area contributed by atoms with E-state index in [9.17, 15) is 4.79 Å². The van der Waals surface area contributed by atoms with Gasteiger partial charge in [0.15, 0.2) is 6.54 Å². The fourth-order valence-electron chi connectivity index (χ4n) is 2.45. The second-order valence-electron chi connectivity index (χ2n) is 5.23. The maximum atomic E-state index is 12.5. The molecule has 1 N–H and O–H groups in total. The van der Waals surface area contributed by atoms with Crippen molar-refractivity contribution >= 4 is 11.6 Å². The van der Waals surface area contributed by atoms with E-state index in [4.69, 9.17) is 4.74 Å². The van der Waals surface area contributed by atoms with Gasteiger partial charge in [0.25, 0.3) is 5.91 Å². The SMILES string of the molecule is CC(C)N(C(=O)C[NH+]1CCOCC1)c1ccccc1. The number of hydrogen-bond acceptors (Lipinski definition) is 2. The molecule has 1 aromatic rings. The highest BCUT2D eigenvalue weighted by Gasteiger charge is 2.24. The van der Waals surface area contributed by atoms with Crippen LogP contribution in [-0.4, -0.2) is 44.8 Å². The summed E-state index contributed by atoms with van der Waals surface area (Å²) in [5.41, 5.74) is 0.982. The van der Waals surface area contributed by atoms with Crippen LogP contribution in [0.3, 0.4) is 0 Å². The lowest BCUT2D eigenvalue weighted by molar-refractivity contribution is -0.900. The van der Waals surface area contributed by atoms with Crippen molar-refractivity contribution in [2.45, 2.75) is 19.9 Å². The minimum Gasteiger partial charge on any atom is -0.370 e. The summed E-state index contributed by atoms with van der Waals surface area (Å²) in [5.74, 6) is 0.193. The lowest BCUT2D eigenvalue weighted by Gasteiger charge is -2.30.